The molecule has 0 radical (unpaired) electrons. The number of anilines is 1. The highest BCUT2D eigenvalue weighted by Crippen LogP contribution is 2.44. The van der Waals surface area contributed by atoms with Gasteiger partial charge in [0.2, 0.25) is 0 Å². The first-order valence-corrected chi connectivity index (χ1v) is 13.0. The lowest BCUT2D eigenvalue weighted by Gasteiger charge is -2.23. The first-order chi connectivity index (χ1) is 18.7. The number of carbonyl (C=O) groups excluding carboxylic acids is 3. The number of nitrogens with zero attached hydrogens (tertiary/aromatic N) is 2. The van der Waals surface area contributed by atoms with Crippen molar-refractivity contribution in [2.45, 2.75) is 26.8 Å². The fraction of sp³-hybridized carbons (Fsp3) is 0.241. The van der Waals surface area contributed by atoms with Gasteiger partial charge in [0.15, 0.2) is 5.13 Å². The number of aromatic nitrogens is 1. The first kappa shape index (κ1) is 27.6. The molecular formula is C29H28N2O7S. The molecule has 0 spiro atoms. The lowest BCUT2D eigenvalue weighted by Crippen LogP contribution is -2.29. The van der Waals surface area contributed by atoms with Crippen LogP contribution < -0.4 is 14.4 Å². The van der Waals surface area contributed by atoms with Crippen molar-refractivity contribution < 1.29 is 33.7 Å². The molecule has 1 atom stereocenters. The Hall–Kier alpha value is -4.44. The largest absolute Gasteiger partial charge is 0.507 e. The smallest absolute Gasteiger partial charge is 0.350 e. The molecule has 4 rings (SSSR count). The number of aliphatic hydroxyl groups excluding tert-OH is 1. The average Bonchev–Trinajstić information content (AvgIpc) is 3.44. The molecule has 39 heavy (non-hydrogen) atoms. The minimum Gasteiger partial charge on any atom is -0.507 e. The van der Waals surface area contributed by atoms with E-state index in [0.717, 1.165) is 16.9 Å². The van der Waals surface area contributed by atoms with Crippen LogP contribution in [-0.2, 0) is 14.3 Å². The Kier molecular flexibility index (Phi) is 8.15. The van der Waals surface area contributed by atoms with Crippen molar-refractivity contribution in [1.82, 2.24) is 4.98 Å². The molecule has 1 amide bonds. The van der Waals surface area contributed by atoms with Crippen LogP contribution in [0, 0.1) is 13.8 Å². The second-order valence-electron chi connectivity index (χ2n) is 8.65. The highest BCUT2D eigenvalue weighted by Gasteiger charge is 2.48. The minimum atomic E-state index is -1.01. The maximum Gasteiger partial charge on any atom is 0.350 e. The van der Waals surface area contributed by atoms with Crippen molar-refractivity contribution in [3.05, 3.63) is 88.0 Å². The maximum atomic E-state index is 13.4. The molecule has 0 saturated carbocycles. The van der Waals surface area contributed by atoms with Gasteiger partial charge < -0.3 is 19.3 Å². The van der Waals surface area contributed by atoms with Crippen LogP contribution in [0.3, 0.4) is 0 Å². The van der Waals surface area contributed by atoms with Crippen LogP contribution in [0.5, 0.6) is 11.5 Å². The predicted molar refractivity (Wildman–Crippen MR) is 147 cm³/mol. The summed E-state index contributed by atoms with van der Waals surface area (Å²) >= 11 is 0.938. The van der Waals surface area contributed by atoms with Crippen molar-refractivity contribution in [3.63, 3.8) is 0 Å². The first-order valence-electron chi connectivity index (χ1n) is 12.2. The number of amides is 1. The summed E-state index contributed by atoms with van der Waals surface area (Å²) in [7, 11) is 1.25. The Balaban J connectivity index is 1.88. The van der Waals surface area contributed by atoms with E-state index < -0.39 is 23.7 Å². The van der Waals surface area contributed by atoms with Crippen molar-refractivity contribution in [2.75, 3.05) is 25.2 Å². The summed E-state index contributed by atoms with van der Waals surface area (Å²) in [5, 5.41) is 11.6. The van der Waals surface area contributed by atoms with Gasteiger partial charge in [-0.1, -0.05) is 36.1 Å². The molecule has 2 heterocycles. The molecule has 10 heteroatoms. The van der Waals surface area contributed by atoms with E-state index in [2.05, 4.69) is 11.6 Å². The molecule has 202 valence electrons. The molecule has 1 saturated heterocycles. The van der Waals surface area contributed by atoms with Crippen LogP contribution in [0.4, 0.5) is 5.13 Å². The third-order valence-electron chi connectivity index (χ3n) is 6.12. The molecule has 0 bridgehead atoms. The van der Waals surface area contributed by atoms with Crippen LogP contribution in [-0.4, -0.2) is 48.1 Å². The highest BCUT2D eigenvalue weighted by atomic mass is 32.1. The second-order valence-corrected chi connectivity index (χ2v) is 9.63. The lowest BCUT2D eigenvalue weighted by molar-refractivity contribution is -0.132. The summed E-state index contributed by atoms with van der Waals surface area (Å²) in [6.45, 7) is 9.74. The van der Waals surface area contributed by atoms with Gasteiger partial charge in [0, 0.05) is 5.56 Å². The van der Waals surface area contributed by atoms with E-state index in [0.29, 0.717) is 41.5 Å². The summed E-state index contributed by atoms with van der Waals surface area (Å²) < 4.78 is 16.0. The van der Waals surface area contributed by atoms with E-state index in [1.165, 1.54) is 12.0 Å². The van der Waals surface area contributed by atoms with E-state index in [-0.39, 0.29) is 21.3 Å². The number of aryl methyl sites for hydroxylation is 2. The van der Waals surface area contributed by atoms with Gasteiger partial charge in [-0.3, -0.25) is 14.5 Å². The molecule has 1 aliphatic heterocycles. The number of thiazole rings is 1. The normalized spacial score (nSPS) is 16.3. The lowest BCUT2D eigenvalue weighted by atomic mass is 9.95. The second kappa shape index (κ2) is 11.5. The summed E-state index contributed by atoms with van der Waals surface area (Å²) in [6, 6.07) is 10.8. The number of ether oxygens (including phenoxy) is 3. The zero-order valence-electron chi connectivity index (χ0n) is 22.0. The van der Waals surface area contributed by atoms with E-state index in [1.54, 1.807) is 55.5 Å². The van der Waals surface area contributed by atoms with Crippen molar-refractivity contribution in [3.8, 4) is 11.5 Å². The number of aliphatic hydroxyl groups is 1. The van der Waals surface area contributed by atoms with E-state index >= 15 is 0 Å². The van der Waals surface area contributed by atoms with E-state index in [9.17, 15) is 19.5 Å². The monoisotopic (exact) mass is 548 g/mol. The van der Waals surface area contributed by atoms with E-state index in [1.807, 2.05) is 13.8 Å². The Morgan fingerprint density at radius 3 is 2.49 bits per heavy atom. The Labute approximate surface area is 230 Å². The molecule has 1 fully saturated rings. The van der Waals surface area contributed by atoms with Crippen molar-refractivity contribution in [2.24, 2.45) is 0 Å². The van der Waals surface area contributed by atoms with Gasteiger partial charge in [-0.25, -0.2) is 9.78 Å². The molecule has 9 nitrogen and oxygen atoms in total. The number of carbonyl (C=O) groups is 3. The Bertz CT molecular complexity index is 1470. The number of benzene rings is 2. The fourth-order valence-electron chi connectivity index (χ4n) is 4.28. The number of Topliss-reactive ketones (excluding diaryl/α,β-unsaturated/α-hetero) is 1. The zero-order valence-corrected chi connectivity index (χ0v) is 22.8. The average molecular weight is 549 g/mol. The predicted octanol–water partition coefficient (Wildman–Crippen LogP) is 5.14. The molecular weight excluding hydrogens is 520 g/mol. The van der Waals surface area contributed by atoms with Crippen LogP contribution >= 0.6 is 11.3 Å². The maximum absolute atomic E-state index is 13.4. The topological polar surface area (TPSA) is 115 Å². The Morgan fingerprint density at radius 1 is 1.15 bits per heavy atom. The standard InChI is InChI=1S/C29H28N2O7S/c1-6-14-38-20-11-8-18(9-12-20)23-22(24(32)19-10-13-21(37-7-2)16(3)15-19)25(33)27(34)31(23)29-30-17(4)26(39-29)28(35)36-5/h6,8-13,15,23,32H,1,7,14H2,2-5H3/t23-/m0/s1. The van der Waals surface area contributed by atoms with Crippen LogP contribution in [0.1, 0.15) is 45.0 Å². The summed E-state index contributed by atoms with van der Waals surface area (Å²) in [6.07, 6.45) is 1.62. The minimum absolute atomic E-state index is 0.101. The quantitative estimate of drug-likeness (QED) is 0.129. The SMILES string of the molecule is C=CCOc1ccc([C@H]2C(=C(O)c3ccc(OCC)c(C)c3)C(=O)C(=O)N2c2nc(C)c(C(=O)OC)s2)cc1. The molecule has 1 aromatic heterocycles. The molecule has 0 aliphatic carbocycles. The number of hydrogen-bond donors (Lipinski definition) is 1. The van der Waals surface area contributed by atoms with Crippen LogP contribution in [0.15, 0.2) is 60.7 Å². The summed E-state index contributed by atoms with van der Waals surface area (Å²) in [4.78, 5) is 45.0. The highest BCUT2D eigenvalue weighted by molar-refractivity contribution is 7.17. The van der Waals surface area contributed by atoms with Gasteiger partial charge in [0.1, 0.15) is 28.7 Å². The van der Waals surface area contributed by atoms with Crippen molar-refractivity contribution in [1.29, 1.82) is 0 Å². The van der Waals surface area contributed by atoms with Crippen LogP contribution in [0.2, 0.25) is 0 Å². The summed E-state index contributed by atoms with van der Waals surface area (Å²) in [5.74, 6) is -1.46. The number of esters is 1. The molecule has 0 unspecified atom stereocenters. The molecule has 2 aromatic carbocycles. The van der Waals surface area contributed by atoms with E-state index in [4.69, 9.17) is 14.2 Å². The van der Waals surface area contributed by atoms with Crippen molar-refractivity contribution >= 4 is 39.9 Å². The number of rotatable bonds is 9. The number of hydrogen-bond acceptors (Lipinski definition) is 9. The third-order valence-corrected chi connectivity index (χ3v) is 7.26. The fourth-order valence-corrected chi connectivity index (χ4v) is 5.30. The third kappa shape index (κ3) is 5.28. The number of ketones is 1. The van der Waals surface area contributed by atoms with Gasteiger partial charge in [-0.2, -0.15) is 0 Å². The van der Waals surface area contributed by atoms with Gasteiger partial charge in [0.25, 0.3) is 5.78 Å². The van der Waals surface area contributed by atoms with Gasteiger partial charge in [0.05, 0.1) is 31.0 Å². The molecule has 1 N–H and O–H groups in total. The molecule has 3 aromatic rings. The Morgan fingerprint density at radius 2 is 1.87 bits per heavy atom. The van der Waals surface area contributed by atoms with Gasteiger partial charge in [-0.15, -0.1) is 0 Å². The summed E-state index contributed by atoms with van der Waals surface area (Å²) in [5.41, 5.74) is 1.91. The molecule has 1 aliphatic rings. The van der Waals surface area contributed by atoms with Gasteiger partial charge in [-0.05, 0) is 62.2 Å². The number of methoxy groups -OCH3 is 1. The zero-order chi connectivity index (χ0) is 28.3. The van der Waals surface area contributed by atoms with Gasteiger partial charge >= 0.3 is 11.9 Å². The van der Waals surface area contributed by atoms with Crippen LogP contribution in [0.25, 0.3) is 5.76 Å².